The van der Waals surface area contributed by atoms with Crippen LogP contribution in [0.5, 0.6) is 0 Å². The van der Waals surface area contributed by atoms with Gasteiger partial charge in [0.15, 0.2) is 0 Å². The largest absolute Gasteiger partial charge is 0.417 e. The van der Waals surface area contributed by atoms with E-state index in [0.717, 1.165) is 17.2 Å². The van der Waals surface area contributed by atoms with E-state index in [1.807, 2.05) is 31.2 Å². The van der Waals surface area contributed by atoms with Crippen molar-refractivity contribution in [2.24, 2.45) is 0 Å². The summed E-state index contributed by atoms with van der Waals surface area (Å²) in [5.74, 6) is -0.545. The predicted octanol–water partition coefficient (Wildman–Crippen LogP) is 4.77. The van der Waals surface area contributed by atoms with E-state index in [9.17, 15) is 22.8 Å². The molecule has 1 aromatic heterocycles. The first-order valence-corrected chi connectivity index (χ1v) is 10.9. The average molecular weight is 480 g/mol. The molecule has 1 N–H and O–H groups in total. The smallest absolute Gasteiger partial charge is 0.348 e. The van der Waals surface area contributed by atoms with E-state index in [2.05, 4.69) is 10.3 Å². The fraction of sp³-hybridized carbons (Fsp3) is 0.192. The number of hydrogen-bond donors (Lipinski definition) is 1. The number of rotatable bonds is 5. The summed E-state index contributed by atoms with van der Waals surface area (Å²) in [6, 6.07) is 15.8. The van der Waals surface area contributed by atoms with Crippen molar-refractivity contribution >= 4 is 17.6 Å². The summed E-state index contributed by atoms with van der Waals surface area (Å²) in [6.45, 7) is 2.56. The first-order valence-electron chi connectivity index (χ1n) is 10.9. The highest BCUT2D eigenvalue weighted by Gasteiger charge is 2.36. The van der Waals surface area contributed by atoms with Gasteiger partial charge in [-0.05, 0) is 42.8 Å². The Hall–Kier alpha value is -4.14. The van der Waals surface area contributed by atoms with Gasteiger partial charge in [0, 0.05) is 25.5 Å². The Bertz CT molecular complexity index is 1240. The maximum Gasteiger partial charge on any atom is 0.417 e. The first-order chi connectivity index (χ1) is 16.7. The zero-order valence-electron chi connectivity index (χ0n) is 18.9. The van der Waals surface area contributed by atoms with Crippen molar-refractivity contribution in [2.75, 3.05) is 18.1 Å². The van der Waals surface area contributed by atoms with Gasteiger partial charge in [0.2, 0.25) is 0 Å². The van der Waals surface area contributed by atoms with Gasteiger partial charge in [0.1, 0.15) is 5.82 Å². The van der Waals surface area contributed by atoms with Crippen molar-refractivity contribution in [3.05, 3.63) is 107 Å². The maximum atomic E-state index is 13.4. The molecule has 2 heterocycles. The number of aryl methyl sites for hydroxylation is 1. The van der Waals surface area contributed by atoms with Crippen LogP contribution in [-0.2, 0) is 12.7 Å². The maximum absolute atomic E-state index is 13.4. The van der Waals surface area contributed by atoms with Crippen molar-refractivity contribution in [1.82, 2.24) is 15.2 Å². The van der Waals surface area contributed by atoms with Crippen molar-refractivity contribution in [3.8, 4) is 0 Å². The Morgan fingerprint density at radius 2 is 1.77 bits per heavy atom. The highest BCUT2D eigenvalue weighted by Crippen LogP contribution is 2.32. The molecule has 0 saturated carbocycles. The molecule has 1 aliphatic heterocycles. The van der Waals surface area contributed by atoms with Crippen LogP contribution in [0.25, 0.3) is 0 Å². The summed E-state index contributed by atoms with van der Waals surface area (Å²) >= 11 is 0. The lowest BCUT2D eigenvalue weighted by molar-refractivity contribution is -0.138. The SMILES string of the molecule is Cc1ccc(CNC(=O)c2ccc(N3C=CCN(C(=O)c4ccccc4C(F)(F)F)C3)nc2)cc1. The standard InChI is InChI=1S/C26H23F3N4O2/c1-18-7-9-19(10-8-18)15-31-24(34)20-11-12-23(30-16-20)32-13-4-14-33(17-32)25(35)21-5-2-3-6-22(21)26(27,28)29/h2-13,16H,14-15,17H2,1H3,(H,31,34). The lowest BCUT2D eigenvalue weighted by Gasteiger charge is -2.32. The zero-order chi connectivity index (χ0) is 25.0. The summed E-state index contributed by atoms with van der Waals surface area (Å²) in [5, 5.41) is 2.84. The van der Waals surface area contributed by atoms with Crippen molar-refractivity contribution in [3.63, 3.8) is 0 Å². The van der Waals surface area contributed by atoms with Gasteiger partial charge in [-0.1, -0.05) is 42.0 Å². The average Bonchev–Trinajstić information content (AvgIpc) is 2.87. The van der Waals surface area contributed by atoms with Gasteiger partial charge in [0.05, 0.1) is 23.4 Å². The third-order valence-electron chi connectivity index (χ3n) is 5.56. The Balaban J connectivity index is 1.41. The Morgan fingerprint density at radius 1 is 1.03 bits per heavy atom. The Morgan fingerprint density at radius 3 is 2.46 bits per heavy atom. The number of hydrogen-bond acceptors (Lipinski definition) is 4. The molecular formula is C26H23F3N4O2. The molecule has 0 bridgehead atoms. The van der Waals surface area contributed by atoms with E-state index in [1.165, 1.54) is 29.3 Å². The van der Waals surface area contributed by atoms with Crippen LogP contribution in [0.4, 0.5) is 19.0 Å². The summed E-state index contributed by atoms with van der Waals surface area (Å²) in [5.41, 5.74) is 1.11. The molecule has 180 valence electrons. The molecule has 6 nitrogen and oxygen atoms in total. The number of amides is 2. The minimum Gasteiger partial charge on any atom is -0.348 e. The third kappa shape index (κ3) is 5.68. The van der Waals surface area contributed by atoms with E-state index in [0.29, 0.717) is 17.9 Å². The molecule has 2 amide bonds. The molecule has 3 aromatic rings. The van der Waals surface area contributed by atoms with Crippen LogP contribution in [0.15, 0.2) is 79.1 Å². The van der Waals surface area contributed by atoms with Crippen LogP contribution >= 0.6 is 0 Å². The fourth-order valence-electron chi connectivity index (χ4n) is 3.65. The van der Waals surface area contributed by atoms with Gasteiger partial charge in [-0.2, -0.15) is 13.2 Å². The molecule has 1 aliphatic rings. The van der Waals surface area contributed by atoms with Gasteiger partial charge in [0.25, 0.3) is 11.8 Å². The van der Waals surface area contributed by atoms with Crippen LogP contribution in [0.3, 0.4) is 0 Å². The third-order valence-corrected chi connectivity index (χ3v) is 5.56. The van der Waals surface area contributed by atoms with E-state index >= 15 is 0 Å². The van der Waals surface area contributed by atoms with E-state index < -0.39 is 23.2 Å². The fourth-order valence-corrected chi connectivity index (χ4v) is 3.65. The van der Waals surface area contributed by atoms with Gasteiger partial charge >= 0.3 is 6.18 Å². The summed E-state index contributed by atoms with van der Waals surface area (Å²) in [6.07, 6.45) is 0.169. The monoisotopic (exact) mass is 480 g/mol. The van der Waals surface area contributed by atoms with Crippen LogP contribution < -0.4 is 10.2 Å². The molecule has 0 atom stereocenters. The Labute approximate surface area is 200 Å². The normalized spacial score (nSPS) is 13.6. The summed E-state index contributed by atoms with van der Waals surface area (Å²) in [7, 11) is 0. The topological polar surface area (TPSA) is 65.5 Å². The second-order valence-corrected chi connectivity index (χ2v) is 8.14. The number of pyridine rings is 1. The van der Waals surface area contributed by atoms with Crippen molar-refractivity contribution in [1.29, 1.82) is 0 Å². The number of halogens is 3. The first kappa shape index (κ1) is 24.0. The minimum atomic E-state index is -4.63. The lowest BCUT2D eigenvalue weighted by Crippen LogP contribution is -2.43. The quantitative estimate of drug-likeness (QED) is 0.571. The molecule has 0 spiro atoms. The zero-order valence-corrected chi connectivity index (χ0v) is 18.9. The van der Waals surface area contributed by atoms with E-state index in [-0.39, 0.29) is 19.1 Å². The highest BCUT2D eigenvalue weighted by atomic mass is 19.4. The number of benzene rings is 2. The molecular weight excluding hydrogens is 457 g/mol. The molecule has 0 fully saturated rings. The Kier molecular flexibility index (Phi) is 6.86. The van der Waals surface area contributed by atoms with Crippen molar-refractivity contribution in [2.45, 2.75) is 19.6 Å². The van der Waals surface area contributed by atoms with Crippen molar-refractivity contribution < 1.29 is 22.8 Å². The second kappa shape index (κ2) is 10.0. The molecule has 2 aromatic carbocycles. The predicted molar refractivity (Wildman–Crippen MR) is 126 cm³/mol. The van der Waals surface area contributed by atoms with Gasteiger partial charge in [-0.15, -0.1) is 0 Å². The van der Waals surface area contributed by atoms with Crippen LogP contribution in [0.2, 0.25) is 0 Å². The minimum absolute atomic E-state index is 0.0213. The number of carbonyl (C=O) groups is 2. The second-order valence-electron chi connectivity index (χ2n) is 8.14. The van der Waals surface area contributed by atoms with Gasteiger partial charge in [-0.3, -0.25) is 9.59 Å². The molecule has 0 unspecified atom stereocenters. The molecule has 0 saturated heterocycles. The van der Waals surface area contributed by atoms with Gasteiger partial charge < -0.3 is 15.1 Å². The molecule has 4 rings (SSSR count). The molecule has 35 heavy (non-hydrogen) atoms. The summed E-state index contributed by atoms with van der Waals surface area (Å²) < 4.78 is 40.1. The highest BCUT2D eigenvalue weighted by molar-refractivity contribution is 5.96. The van der Waals surface area contributed by atoms with E-state index in [4.69, 9.17) is 0 Å². The lowest BCUT2D eigenvalue weighted by atomic mass is 10.1. The number of carbonyl (C=O) groups excluding carboxylic acids is 2. The van der Waals surface area contributed by atoms with E-state index in [1.54, 1.807) is 29.3 Å². The van der Waals surface area contributed by atoms with Crippen LogP contribution in [-0.4, -0.2) is 34.9 Å². The number of anilines is 1. The van der Waals surface area contributed by atoms with Gasteiger partial charge in [-0.25, -0.2) is 4.98 Å². The molecule has 9 heteroatoms. The number of nitrogens with one attached hydrogen (secondary N) is 1. The number of nitrogens with zero attached hydrogens (tertiary/aromatic N) is 3. The summed E-state index contributed by atoms with van der Waals surface area (Å²) in [4.78, 5) is 32.6. The van der Waals surface area contributed by atoms with Crippen LogP contribution in [0.1, 0.15) is 37.4 Å². The number of aromatic nitrogens is 1. The molecule has 0 aliphatic carbocycles. The molecule has 0 radical (unpaired) electrons. The number of alkyl halides is 3. The van der Waals surface area contributed by atoms with Crippen LogP contribution in [0, 0.1) is 6.92 Å².